The van der Waals surface area contributed by atoms with E-state index in [2.05, 4.69) is 25.1 Å². The van der Waals surface area contributed by atoms with Crippen molar-refractivity contribution in [3.8, 4) is 0 Å². The molecule has 1 atom stereocenters. The second kappa shape index (κ2) is 7.37. The zero-order valence-electron chi connectivity index (χ0n) is 11.3. The molecule has 0 spiro atoms. The molecule has 0 radical (unpaired) electrons. The summed E-state index contributed by atoms with van der Waals surface area (Å²) in [5.74, 6) is 0.855. The van der Waals surface area contributed by atoms with E-state index < -0.39 is 0 Å². The molecule has 2 aromatic rings. The minimum Gasteiger partial charge on any atom is -0.327 e. The molecule has 2 aromatic carbocycles. The Morgan fingerprint density at radius 2 is 1.85 bits per heavy atom. The van der Waals surface area contributed by atoms with Crippen LogP contribution in [0, 0.1) is 6.92 Å². The molecular weight excluding hydrogens is 309 g/mol. The van der Waals surface area contributed by atoms with Crippen LogP contribution in [0.15, 0.2) is 47.4 Å². The van der Waals surface area contributed by atoms with Crippen LogP contribution in [0.4, 0.5) is 0 Å². The number of hydrogen-bond acceptors (Lipinski definition) is 2. The highest BCUT2D eigenvalue weighted by atomic mass is 35.5. The number of thioether (sulfide) groups is 1. The SMILES string of the molecule is Cc1ccccc1SCC(N)Cc1cccc(Cl)c1Cl. The molecule has 0 saturated carbocycles. The van der Waals surface area contributed by atoms with Gasteiger partial charge in [-0.1, -0.05) is 53.5 Å². The molecule has 0 aromatic heterocycles. The monoisotopic (exact) mass is 325 g/mol. The Bertz CT molecular complexity index is 586. The standard InChI is InChI=1S/C16H17Cl2NS/c1-11-5-2-3-8-15(11)20-10-13(19)9-12-6-4-7-14(17)16(12)18/h2-8,13H,9-10,19H2,1H3. The molecule has 2 rings (SSSR count). The molecule has 0 saturated heterocycles. The summed E-state index contributed by atoms with van der Waals surface area (Å²) >= 11 is 14.0. The van der Waals surface area contributed by atoms with Crippen molar-refractivity contribution in [1.82, 2.24) is 0 Å². The molecule has 0 aliphatic rings. The summed E-state index contributed by atoms with van der Waals surface area (Å²) in [6.45, 7) is 2.11. The fourth-order valence-corrected chi connectivity index (χ4v) is 3.34. The first-order valence-corrected chi connectivity index (χ1v) is 8.19. The molecule has 0 bridgehead atoms. The van der Waals surface area contributed by atoms with Gasteiger partial charge >= 0.3 is 0 Å². The van der Waals surface area contributed by atoms with Crippen molar-refractivity contribution in [2.45, 2.75) is 24.3 Å². The predicted molar refractivity (Wildman–Crippen MR) is 90.0 cm³/mol. The van der Waals surface area contributed by atoms with Gasteiger partial charge in [-0.05, 0) is 36.6 Å². The average molecular weight is 326 g/mol. The largest absolute Gasteiger partial charge is 0.327 e. The van der Waals surface area contributed by atoms with Crippen LogP contribution in [0.2, 0.25) is 10.0 Å². The third-order valence-electron chi connectivity index (χ3n) is 3.06. The van der Waals surface area contributed by atoms with Crippen LogP contribution in [0.3, 0.4) is 0 Å². The van der Waals surface area contributed by atoms with Gasteiger partial charge in [0.05, 0.1) is 10.0 Å². The van der Waals surface area contributed by atoms with Gasteiger partial charge in [-0.2, -0.15) is 0 Å². The smallest absolute Gasteiger partial charge is 0.0624 e. The molecule has 4 heteroatoms. The molecular formula is C16H17Cl2NS. The third-order valence-corrected chi connectivity index (χ3v) is 5.28. The zero-order valence-corrected chi connectivity index (χ0v) is 13.6. The Morgan fingerprint density at radius 3 is 2.60 bits per heavy atom. The normalized spacial score (nSPS) is 12.4. The maximum atomic E-state index is 6.20. The van der Waals surface area contributed by atoms with E-state index in [1.165, 1.54) is 10.5 Å². The minimum absolute atomic E-state index is 0.0515. The maximum Gasteiger partial charge on any atom is 0.0624 e. The van der Waals surface area contributed by atoms with Gasteiger partial charge in [-0.25, -0.2) is 0 Å². The number of hydrogen-bond donors (Lipinski definition) is 1. The molecule has 20 heavy (non-hydrogen) atoms. The van der Waals surface area contributed by atoms with Gasteiger partial charge in [-0.3, -0.25) is 0 Å². The molecule has 0 heterocycles. The molecule has 0 aliphatic heterocycles. The summed E-state index contributed by atoms with van der Waals surface area (Å²) in [6.07, 6.45) is 0.734. The van der Waals surface area contributed by atoms with Crippen LogP contribution in [-0.4, -0.2) is 11.8 Å². The Hall–Kier alpha value is -0.670. The minimum atomic E-state index is 0.0515. The predicted octanol–water partition coefficient (Wildman–Crippen LogP) is 4.96. The van der Waals surface area contributed by atoms with E-state index in [9.17, 15) is 0 Å². The molecule has 0 amide bonds. The van der Waals surface area contributed by atoms with E-state index in [-0.39, 0.29) is 6.04 Å². The summed E-state index contributed by atoms with van der Waals surface area (Å²) in [5.41, 5.74) is 8.49. The highest BCUT2D eigenvalue weighted by Gasteiger charge is 2.10. The van der Waals surface area contributed by atoms with Crippen molar-refractivity contribution in [3.05, 3.63) is 63.6 Å². The fraction of sp³-hybridized carbons (Fsp3) is 0.250. The molecule has 0 fully saturated rings. The summed E-state index contributed by atoms with van der Waals surface area (Å²) < 4.78 is 0. The van der Waals surface area contributed by atoms with E-state index in [1.54, 1.807) is 17.8 Å². The van der Waals surface area contributed by atoms with Crippen molar-refractivity contribution in [1.29, 1.82) is 0 Å². The number of nitrogens with two attached hydrogens (primary N) is 1. The van der Waals surface area contributed by atoms with Crippen LogP contribution >= 0.6 is 35.0 Å². The summed E-state index contributed by atoms with van der Waals surface area (Å²) in [6, 6.07) is 14.1. The van der Waals surface area contributed by atoms with Gasteiger partial charge in [0.1, 0.15) is 0 Å². The van der Waals surface area contributed by atoms with Crippen molar-refractivity contribution in [2.75, 3.05) is 5.75 Å². The van der Waals surface area contributed by atoms with Crippen LogP contribution in [0.1, 0.15) is 11.1 Å². The molecule has 0 aliphatic carbocycles. The Balaban J connectivity index is 1.94. The first-order chi connectivity index (χ1) is 9.58. The lowest BCUT2D eigenvalue weighted by molar-refractivity contribution is 0.749. The maximum absolute atomic E-state index is 6.20. The van der Waals surface area contributed by atoms with Gasteiger partial charge in [0.2, 0.25) is 0 Å². The lowest BCUT2D eigenvalue weighted by atomic mass is 10.1. The third kappa shape index (κ3) is 4.16. The van der Waals surface area contributed by atoms with Crippen LogP contribution in [-0.2, 0) is 6.42 Å². The van der Waals surface area contributed by atoms with E-state index in [1.807, 2.05) is 18.2 Å². The first-order valence-electron chi connectivity index (χ1n) is 6.45. The first kappa shape index (κ1) is 15.7. The van der Waals surface area contributed by atoms with Crippen LogP contribution < -0.4 is 5.73 Å². The van der Waals surface area contributed by atoms with Crippen molar-refractivity contribution in [2.24, 2.45) is 5.73 Å². The second-order valence-corrected chi connectivity index (χ2v) is 6.60. The van der Waals surface area contributed by atoms with Gasteiger partial charge in [0.25, 0.3) is 0 Å². The van der Waals surface area contributed by atoms with Crippen molar-refractivity contribution in [3.63, 3.8) is 0 Å². The molecule has 106 valence electrons. The van der Waals surface area contributed by atoms with E-state index in [0.29, 0.717) is 10.0 Å². The topological polar surface area (TPSA) is 26.0 Å². The lowest BCUT2D eigenvalue weighted by Gasteiger charge is -2.14. The van der Waals surface area contributed by atoms with Gasteiger partial charge in [0, 0.05) is 16.7 Å². The van der Waals surface area contributed by atoms with E-state index in [4.69, 9.17) is 28.9 Å². The Kier molecular flexibility index (Phi) is 5.79. The Morgan fingerprint density at radius 1 is 1.10 bits per heavy atom. The summed E-state index contributed by atoms with van der Waals surface area (Å²) in [5, 5.41) is 1.20. The van der Waals surface area contributed by atoms with Gasteiger partial charge in [0.15, 0.2) is 0 Å². The molecule has 2 N–H and O–H groups in total. The highest BCUT2D eigenvalue weighted by Crippen LogP contribution is 2.27. The van der Waals surface area contributed by atoms with E-state index in [0.717, 1.165) is 17.7 Å². The van der Waals surface area contributed by atoms with E-state index >= 15 is 0 Å². The zero-order chi connectivity index (χ0) is 14.5. The quantitative estimate of drug-likeness (QED) is 0.786. The summed E-state index contributed by atoms with van der Waals surface area (Å²) in [7, 11) is 0. The Labute approximate surface area is 134 Å². The number of benzene rings is 2. The summed E-state index contributed by atoms with van der Waals surface area (Å²) in [4.78, 5) is 1.28. The number of rotatable bonds is 5. The number of aryl methyl sites for hydroxylation is 1. The lowest BCUT2D eigenvalue weighted by Crippen LogP contribution is -2.25. The number of halogens is 2. The molecule has 1 unspecified atom stereocenters. The fourth-order valence-electron chi connectivity index (χ4n) is 1.96. The van der Waals surface area contributed by atoms with Crippen molar-refractivity contribution < 1.29 is 0 Å². The van der Waals surface area contributed by atoms with Crippen LogP contribution in [0.5, 0.6) is 0 Å². The van der Waals surface area contributed by atoms with Crippen molar-refractivity contribution >= 4 is 35.0 Å². The van der Waals surface area contributed by atoms with Crippen LogP contribution in [0.25, 0.3) is 0 Å². The van der Waals surface area contributed by atoms with Gasteiger partial charge in [-0.15, -0.1) is 11.8 Å². The highest BCUT2D eigenvalue weighted by molar-refractivity contribution is 7.99. The van der Waals surface area contributed by atoms with Gasteiger partial charge < -0.3 is 5.73 Å². The molecule has 1 nitrogen and oxygen atoms in total. The second-order valence-electron chi connectivity index (χ2n) is 4.75. The average Bonchev–Trinajstić information content (AvgIpc) is 2.43.